The maximum Gasteiger partial charge on any atom is 0.166 e. The molecule has 0 amide bonds. The Labute approximate surface area is 93.8 Å². The predicted molar refractivity (Wildman–Crippen MR) is 60.5 cm³/mol. The van der Waals surface area contributed by atoms with Crippen LogP contribution < -0.4 is 11.1 Å². The zero-order chi connectivity index (χ0) is 11.5. The number of nitrogens with one attached hydrogen (secondary N) is 1. The molecule has 1 rings (SSSR count). The van der Waals surface area contributed by atoms with Crippen molar-refractivity contribution in [2.24, 2.45) is 11.1 Å². The van der Waals surface area contributed by atoms with Gasteiger partial charge in [0, 0.05) is 12.7 Å². The molecule has 15 heavy (non-hydrogen) atoms. The quantitative estimate of drug-likeness (QED) is 0.836. The first-order valence-electron chi connectivity index (χ1n) is 4.69. The minimum absolute atomic E-state index is 0.0895. The average molecular weight is 232 g/mol. The van der Waals surface area contributed by atoms with Crippen LogP contribution in [-0.2, 0) is 0 Å². The van der Waals surface area contributed by atoms with Crippen LogP contribution in [0, 0.1) is 11.2 Å². The van der Waals surface area contributed by atoms with E-state index in [0.717, 1.165) is 0 Å². The van der Waals surface area contributed by atoms with Crippen molar-refractivity contribution >= 4 is 17.4 Å². The Morgan fingerprint density at radius 2 is 2.27 bits per heavy atom. The van der Waals surface area contributed by atoms with Crippen molar-refractivity contribution in [3.63, 3.8) is 0 Å². The number of nitrogens with two attached hydrogens (primary N) is 1. The molecule has 0 saturated heterocycles. The zero-order valence-corrected chi connectivity index (χ0v) is 9.61. The molecule has 0 aliphatic rings. The highest BCUT2D eigenvalue weighted by Crippen LogP contribution is 2.18. The second-order valence-corrected chi connectivity index (χ2v) is 4.64. The van der Waals surface area contributed by atoms with E-state index in [1.807, 2.05) is 13.8 Å². The summed E-state index contributed by atoms with van der Waals surface area (Å²) in [6.45, 7) is 5.08. The minimum atomic E-state index is -0.449. The van der Waals surface area contributed by atoms with Crippen molar-refractivity contribution in [3.8, 4) is 0 Å². The SMILES string of the molecule is CC(C)(CN)CNc1ncc(Cl)cc1F. The molecule has 3 N–H and O–H groups in total. The molecular weight excluding hydrogens is 217 g/mol. The number of halogens is 2. The Hall–Kier alpha value is -0.870. The van der Waals surface area contributed by atoms with Crippen LogP contribution in [0.1, 0.15) is 13.8 Å². The Kier molecular flexibility index (Phi) is 3.88. The molecule has 0 radical (unpaired) electrons. The van der Waals surface area contributed by atoms with Gasteiger partial charge in [-0.3, -0.25) is 0 Å². The van der Waals surface area contributed by atoms with Crippen molar-refractivity contribution in [1.29, 1.82) is 0 Å². The number of hydrogen-bond donors (Lipinski definition) is 2. The Morgan fingerprint density at radius 1 is 1.60 bits per heavy atom. The molecule has 1 aromatic rings. The van der Waals surface area contributed by atoms with Crippen LogP contribution in [-0.4, -0.2) is 18.1 Å². The largest absolute Gasteiger partial charge is 0.367 e. The van der Waals surface area contributed by atoms with Crippen LogP contribution in [0.3, 0.4) is 0 Å². The second-order valence-electron chi connectivity index (χ2n) is 4.21. The van der Waals surface area contributed by atoms with E-state index in [1.165, 1.54) is 12.3 Å². The Morgan fingerprint density at radius 3 is 2.80 bits per heavy atom. The molecule has 0 aromatic carbocycles. The summed E-state index contributed by atoms with van der Waals surface area (Å²) in [4.78, 5) is 3.86. The number of hydrogen-bond acceptors (Lipinski definition) is 3. The third-order valence-corrected chi connectivity index (χ3v) is 2.30. The van der Waals surface area contributed by atoms with Crippen LogP contribution >= 0.6 is 11.6 Å². The van der Waals surface area contributed by atoms with Gasteiger partial charge in [-0.25, -0.2) is 9.37 Å². The van der Waals surface area contributed by atoms with Gasteiger partial charge in [-0.2, -0.15) is 0 Å². The van der Waals surface area contributed by atoms with E-state index in [9.17, 15) is 4.39 Å². The van der Waals surface area contributed by atoms with E-state index < -0.39 is 5.82 Å². The van der Waals surface area contributed by atoms with Gasteiger partial charge in [-0.15, -0.1) is 0 Å². The Bertz CT molecular complexity index is 341. The van der Waals surface area contributed by atoms with Crippen LogP contribution in [0.15, 0.2) is 12.3 Å². The molecule has 0 aliphatic heterocycles. The molecule has 0 bridgehead atoms. The summed E-state index contributed by atoms with van der Waals surface area (Å²) in [7, 11) is 0. The van der Waals surface area contributed by atoms with E-state index >= 15 is 0 Å². The zero-order valence-electron chi connectivity index (χ0n) is 8.85. The van der Waals surface area contributed by atoms with Gasteiger partial charge in [0.1, 0.15) is 0 Å². The summed E-state index contributed by atoms with van der Waals surface area (Å²) in [5.74, 6) is -0.240. The number of aromatic nitrogens is 1. The molecule has 0 unspecified atom stereocenters. The summed E-state index contributed by atoms with van der Waals surface area (Å²) in [5.41, 5.74) is 5.47. The summed E-state index contributed by atoms with van der Waals surface area (Å²) in [6.07, 6.45) is 1.41. The van der Waals surface area contributed by atoms with Gasteiger partial charge in [-0.05, 0) is 18.0 Å². The highest BCUT2D eigenvalue weighted by Gasteiger charge is 2.16. The highest BCUT2D eigenvalue weighted by molar-refractivity contribution is 6.30. The van der Waals surface area contributed by atoms with E-state index in [0.29, 0.717) is 13.1 Å². The summed E-state index contributed by atoms with van der Waals surface area (Å²) in [6, 6.07) is 1.23. The fraction of sp³-hybridized carbons (Fsp3) is 0.500. The Balaban J connectivity index is 2.66. The standard InChI is InChI=1S/C10H15ClFN3/c1-10(2,5-13)6-15-9-8(12)3-7(11)4-14-9/h3-4H,5-6,13H2,1-2H3,(H,14,15). The number of anilines is 1. The first-order chi connectivity index (χ1) is 6.94. The van der Waals surface area contributed by atoms with Crippen LogP contribution in [0.25, 0.3) is 0 Å². The van der Waals surface area contributed by atoms with Gasteiger partial charge in [0.15, 0.2) is 11.6 Å². The first kappa shape index (κ1) is 12.2. The second kappa shape index (κ2) is 4.77. The first-order valence-corrected chi connectivity index (χ1v) is 5.07. The van der Waals surface area contributed by atoms with Gasteiger partial charge >= 0.3 is 0 Å². The molecule has 5 heteroatoms. The minimum Gasteiger partial charge on any atom is -0.367 e. The van der Waals surface area contributed by atoms with E-state index in [4.69, 9.17) is 17.3 Å². The number of pyridine rings is 1. The maximum absolute atomic E-state index is 13.3. The summed E-state index contributed by atoms with van der Waals surface area (Å²) in [5, 5.41) is 3.19. The lowest BCUT2D eigenvalue weighted by Gasteiger charge is -2.22. The van der Waals surface area contributed by atoms with Crippen molar-refractivity contribution < 1.29 is 4.39 Å². The van der Waals surface area contributed by atoms with Crippen LogP contribution in [0.5, 0.6) is 0 Å². The van der Waals surface area contributed by atoms with E-state index in [1.54, 1.807) is 0 Å². The molecular formula is C10H15ClFN3. The van der Waals surface area contributed by atoms with Gasteiger partial charge in [0.2, 0.25) is 0 Å². The molecule has 0 atom stereocenters. The number of nitrogens with zero attached hydrogens (tertiary/aromatic N) is 1. The summed E-state index contributed by atoms with van der Waals surface area (Å²) >= 11 is 5.58. The van der Waals surface area contributed by atoms with Crippen molar-refractivity contribution in [2.75, 3.05) is 18.4 Å². The molecule has 0 saturated carbocycles. The molecule has 0 spiro atoms. The van der Waals surface area contributed by atoms with Crippen LogP contribution in [0.2, 0.25) is 5.02 Å². The lowest BCUT2D eigenvalue weighted by Crippen LogP contribution is -2.31. The lowest BCUT2D eigenvalue weighted by molar-refractivity contribution is 0.404. The van der Waals surface area contributed by atoms with Crippen LogP contribution in [0.4, 0.5) is 10.2 Å². The topological polar surface area (TPSA) is 50.9 Å². The van der Waals surface area contributed by atoms with E-state index in [-0.39, 0.29) is 16.3 Å². The summed E-state index contributed by atoms with van der Waals surface area (Å²) < 4.78 is 13.3. The van der Waals surface area contributed by atoms with Gasteiger partial charge in [0.05, 0.1) is 5.02 Å². The number of rotatable bonds is 4. The van der Waals surface area contributed by atoms with Gasteiger partial charge in [-0.1, -0.05) is 25.4 Å². The third-order valence-electron chi connectivity index (χ3n) is 2.09. The fourth-order valence-electron chi connectivity index (χ4n) is 0.940. The third kappa shape index (κ3) is 3.64. The van der Waals surface area contributed by atoms with Gasteiger partial charge in [0.25, 0.3) is 0 Å². The molecule has 1 heterocycles. The predicted octanol–water partition coefficient (Wildman–Crippen LogP) is 2.27. The van der Waals surface area contributed by atoms with Crippen molar-refractivity contribution in [2.45, 2.75) is 13.8 Å². The van der Waals surface area contributed by atoms with Gasteiger partial charge < -0.3 is 11.1 Å². The molecule has 1 aromatic heterocycles. The van der Waals surface area contributed by atoms with Crippen molar-refractivity contribution in [3.05, 3.63) is 23.1 Å². The average Bonchev–Trinajstić information content (AvgIpc) is 2.16. The smallest absolute Gasteiger partial charge is 0.166 e. The monoisotopic (exact) mass is 231 g/mol. The highest BCUT2D eigenvalue weighted by atomic mass is 35.5. The maximum atomic E-state index is 13.3. The lowest BCUT2D eigenvalue weighted by atomic mass is 9.94. The molecule has 0 aliphatic carbocycles. The molecule has 3 nitrogen and oxygen atoms in total. The normalized spacial score (nSPS) is 11.5. The molecule has 84 valence electrons. The van der Waals surface area contributed by atoms with E-state index in [2.05, 4.69) is 10.3 Å². The van der Waals surface area contributed by atoms with Crippen molar-refractivity contribution in [1.82, 2.24) is 4.98 Å². The molecule has 0 fully saturated rings. The fourth-order valence-corrected chi connectivity index (χ4v) is 1.08.